The SMILES string of the molecule is O=C(N[C@@H]1CC[C@@H](c2nnco2)OC1)[C@@H]1NC2(CC(CF)(CF)C2)[C@@]2(C(=O)Nc3cc(Cl)ccc32)[C@H]1c1cccc(Cl)c1. The molecular formula is C30H29Cl2F2N5O4. The Kier molecular flexibility index (Phi) is 7.00. The third-order valence-corrected chi connectivity index (χ3v) is 10.2. The van der Waals surface area contributed by atoms with Crippen LogP contribution < -0.4 is 16.0 Å². The van der Waals surface area contributed by atoms with E-state index < -0.39 is 41.7 Å². The average molecular weight is 632 g/mol. The lowest BCUT2D eigenvalue weighted by molar-refractivity contribution is -0.131. The number of hydrogen-bond donors (Lipinski definition) is 3. The van der Waals surface area contributed by atoms with E-state index in [0.29, 0.717) is 45.6 Å². The molecule has 1 aliphatic carbocycles. The van der Waals surface area contributed by atoms with Crippen LogP contribution in [0.15, 0.2) is 53.3 Å². The Balaban J connectivity index is 1.29. The molecule has 4 aliphatic rings. The van der Waals surface area contributed by atoms with E-state index in [0.717, 1.165) is 0 Å². The van der Waals surface area contributed by atoms with Crippen molar-refractivity contribution < 1.29 is 27.5 Å². The Morgan fingerprint density at radius 2 is 1.88 bits per heavy atom. The number of halogens is 4. The van der Waals surface area contributed by atoms with E-state index in [1.807, 2.05) is 6.07 Å². The highest BCUT2D eigenvalue weighted by Crippen LogP contribution is 2.68. The molecule has 1 aromatic heterocycles. The number of hydrogen-bond acceptors (Lipinski definition) is 7. The van der Waals surface area contributed by atoms with Gasteiger partial charge in [-0.15, -0.1) is 10.2 Å². The monoisotopic (exact) mass is 631 g/mol. The van der Waals surface area contributed by atoms with Crippen LogP contribution in [0, 0.1) is 5.41 Å². The number of alkyl halides is 2. The number of amides is 2. The van der Waals surface area contributed by atoms with Gasteiger partial charge in [0, 0.05) is 32.6 Å². The van der Waals surface area contributed by atoms with E-state index in [-0.39, 0.29) is 43.4 Å². The van der Waals surface area contributed by atoms with Gasteiger partial charge in [0.25, 0.3) is 0 Å². The number of aromatic nitrogens is 2. The number of fused-ring (bicyclic) bond motifs is 3. The zero-order valence-electron chi connectivity index (χ0n) is 22.9. The van der Waals surface area contributed by atoms with Crippen molar-refractivity contribution in [1.29, 1.82) is 0 Å². The van der Waals surface area contributed by atoms with Crippen LogP contribution in [0.2, 0.25) is 10.0 Å². The van der Waals surface area contributed by atoms with Gasteiger partial charge >= 0.3 is 0 Å². The van der Waals surface area contributed by atoms with Crippen molar-refractivity contribution in [3.05, 3.63) is 75.9 Å². The summed E-state index contributed by atoms with van der Waals surface area (Å²) in [5.41, 5.74) is -1.94. The molecule has 0 unspecified atom stereocenters. The number of ether oxygens (including phenoxy) is 1. The van der Waals surface area contributed by atoms with Gasteiger partial charge in [-0.3, -0.25) is 23.7 Å². The molecule has 226 valence electrons. The predicted octanol–water partition coefficient (Wildman–Crippen LogP) is 4.82. The van der Waals surface area contributed by atoms with Crippen molar-refractivity contribution in [3.8, 4) is 0 Å². The van der Waals surface area contributed by atoms with E-state index >= 15 is 0 Å². The van der Waals surface area contributed by atoms with Crippen LogP contribution in [0.25, 0.3) is 0 Å². The van der Waals surface area contributed by atoms with Crippen LogP contribution in [0.5, 0.6) is 0 Å². The molecule has 4 heterocycles. The molecule has 5 atom stereocenters. The zero-order chi connectivity index (χ0) is 30.0. The molecule has 3 N–H and O–H groups in total. The molecule has 2 spiro atoms. The maximum atomic E-state index is 14.4. The molecule has 2 aromatic carbocycles. The van der Waals surface area contributed by atoms with Gasteiger partial charge < -0.3 is 19.8 Å². The summed E-state index contributed by atoms with van der Waals surface area (Å²) in [5, 5.41) is 18.0. The summed E-state index contributed by atoms with van der Waals surface area (Å²) < 4.78 is 39.8. The number of nitrogens with one attached hydrogen (secondary N) is 3. The molecule has 13 heteroatoms. The molecule has 3 aromatic rings. The van der Waals surface area contributed by atoms with Gasteiger partial charge in [0.1, 0.15) is 11.5 Å². The summed E-state index contributed by atoms with van der Waals surface area (Å²) in [6, 6.07) is 10.9. The topological polar surface area (TPSA) is 118 Å². The standard InChI is InChI=1S/C30H29Cl2F2N5O4/c31-17-3-1-2-16(8-17)23-24(25(40)36-19-5-7-22(42-10-19)26-39-35-15-43-26)38-29(11-28(12-29,13-33)14-34)30(23)20-6-4-18(32)9-21(20)37-27(30)41/h1-4,6,8-9,15,19,22-24,38H,5,7,10-14H2,(H,36,40)(H,37,41)/t19-,22+,23+,24-,30-/m1/s1. The first-order valence-corrected chi connectivity index (χ1v) is 14.9. The molecule has 0 radical (unpaired) electrons. The van der Waals surface area contributed by atoms with Crippen molar-refractivity contribution in [2.75, 3.05) is 25.3 Å². The summed E-state index contributed by atoms with van der Waals surface area (Å²) in [6.45, 7) is -1.53. The maximum Gasteiger partial charge on any atom is 0.244 e. The van der Waals surface area contributed by atoms with Gasteiger partial charge in [-0.1, -0.05) is 41.4 Å². The van der Waals surface area contributed by atoms with Gasteiger partial charge in [0.15, 0.2) is 0 Å². The third kappa shape index (κ3) is 4.30. The smallest absolute Gasteiger partial charge is 0.244 e. The maximum absolute atomic E-state index is 14.4. The third-order valence-electron chi connectivity index (χ3n) is 9.68. The Morgan fingerprint density at radius 1 is 1.09 bits per heavy atom. The summed E-state index contributed by atoms with van der Waals surface area (Å²) >= 11 is 12.8. The lowest BCUT2D eigenvalue weighted by Gasteiger charge is -2.59. The van der Waals surface area contributed by atoms with Crippen molar-refractivity contribution in [2.45, 2.75) is 60.7 Å². The van der Waals surface area contributed by atoms with Crippen molar-refractivity contribution in [1.82, 2.24) is 20.8 Å². The molecule has 3 fully saturated rings. The van der Waals surface area contributed by atoms with Crippen LogP contribution in [-0.4, -0.2) is 59.6 Å². The fourth-order valence-corrected chi connectivity index (χ4v) is 8.37. The molecule has 2 amide bonds. The van der Waals surface area contributed by atoms with Gasteiger partial charge in [0.05, 0.1) is 32.0 Å². The molecule has 7 rings (SSSR count). The van der Waals surface area contributed by atoms with Crippen LogP contribution in [0.3, 0.4) is 0 Å². The van der Waals surface area contributed by atoms with E-state index in [2.05, 4.69) is 26.1 Å². The minimum atomic E-state index is -1.38. The quantitative estimate of drug-likeness (QED) is 0.357. The van der Waals surface area contributed by atoms with Crippen LogP contribution in [0.4, 0.5) is 14.5 Å². The van der Waals surface area contributed by atoms with Crippen molar-refractivity contribution in [2.24, 2.45) is 5.41 Å². The first kappa shape index (κ1) is 28.6. The lowest BCUT2D eigenvalue weighted by Crippen LogP contribution is -2.70. The second-order valence-electron chi connectivity index (χ2n) is 12.2. The first-order valence-electron chi connectivity index (χ1n) is 14.2. The highest BCUT2D eigenvalue weighted by Gasteiger charge is 2.77. The molecule has 43 heavy (non-hydrogen) atoms. The van der Waals surface area contributed by atoms with E-state index in [1.54, 1.807) is 36.4 Å². The fourth-order valence-electron chi connectivity index (χ4n) is 8.00. The van der Waals surface area contributed by atoms with Gasteiger partial charge in [-0.05, 0) is 61.1 Å². The number of carbonyl (C=O) groups is 2. The second-order valence-corrected chi connectivity index (χ2v) is 13.1. The summed E-state index contributed by atoms with van der Waals surface area (Å²) in [7, 11) is 0. The van der Waals surface area contributed by atoms with E-state index in [4.69, 9.17) is 32.4 Å². The number of rotatable bonds is 6. The molecule has 3 aliphatic heterocycles. The number of benzene rings is 2. The zero-order valence-corrected chi connectivity index (χ0v) is 24.4. The number of nitrogens with zero attached hydrogens (tertiary/aromatic N) is 2. The average Bonchev–Trinajstić information content (AvgIpc) is 3.69. The Bertz CT molecular complexity index is 1560. The minimum absolute atomic E-state index is 0.0295. The molecule has 9 nitrogen and oxygen atoms in total. The molecule has 2 saturated heterocycles. The molecule has 0 bridgehead atoms. The van der Waals surface area contributed by atoms with Crippen LogP contribution in [0.1, 0.15) is 54.7 Å². The normalized spacial score (nSPS) is 30.2. The van der Waals surface area contributed by atoms with Gasteiger partial charge in [-0.2, -0.15) is 0 Å². The van der Waals surface area contributed by atoms with E-state index in [1.165, 1.54) is 6.39 Å². The van der Waals surface area contributed by atoms with Gasteiger partial charge in [-0.25, -0.2) is 0 Å². The highest BCUT2D eigenvalue weighted by molar-refractivity contribution is 6.31. The highest BCUT2D eigenvalue weighted by atomic mass is 35.5. The minimum Gasteiger partial charge on any atom is -0.425 e. The largest absolute Gasteiger partial charge is 0.425 e. The summed E-state index contributed by atoms with van der Waals surface area (Å²) in [6.07, 6.45) is 2.10. The number of anilines is 1. The predicted molar refractivity (Wildman–Crippen MR) is 153 cm³/mol. The molecule has 1 saturated carbocycles. The van der Waals surface area contributed by atoms with Crippen LogP contribution in [-0.2, 0) is 19.7 Å². The molecular weight excluding hydrogens is 603 g/mol. The Hall–Kier alpha value is -3.12. The van der Waals surface area contributed by atoms with Crippen molar-refractivity contribution in [3.63, 3.8) is 0 Å². The van der Waals surface area contributed by atoms with Crippen molar-refractivity contribution >= 4 is 40.7 Å². The lowest BCUT2D eigenvalue weighted by atomic mass is 9.46. The van der Waals surface area contributed by atoms with Gasteiger partial charge in [0.2, 0.25) is 24.1 Å². The second kappa shape index (κ2) is 10.5. The number of carbonyl (C=O) groups excluding carboxylic acids is 2. The van der Waals surface area contributed by atoms with E-state index in [9.17, 15) is 18.4 Å². The van der Waals surface area contributed by atoms with Crippen LogP contribution >= 0.6 is 23.2 Å². The summed E-state index contributed by atoms with van der Waals surface area (Å²) in [5.74, 6) is -1.08. The summed E-state index contributed by atoms with van der Waals surface area (Å²) in [4.78, 5) is 28.6. The Labute approximate surface area is 256 Å². The Morgan fingerprint density at radius 3 is 2.56 bits per heavy atom. The first-order chi connectivity index (χ1) is 20.7. The fraction of sp³-hybridized carbons (Fsp3) is 0.467.